The SMILES string of the molecule is C[C@@H]([NH2+]CC(=O)Nc1cccc(Cl)c1)c1ccccc1. The topological polar surface area (TPSA) is 45.7 Å². The molecule has 1 atom stereocenters. The smallest absolute Gasteiger partial charge is 0.279 e. The molecule has 2 aromatic carbocycles. The Morgan fingerprint density at radius 1 is 1.20 bits per heavy atom. The Balaban J connectivity index is 1.83. The Hall–Kier alpha value is -1.84. The molecule has 4 heteroatoms. The third-order valence-electron chi connectivity index (χ3n) is 3.09. The number of benzene rings is 2. The Kier molecular flexibility index (Phi) is 5.16. The van der Waals surface area contributed by atoms with Gasteiger partial charge in [0.05, 0.1) is 0 Å². The molecule has 0 fully saturated rings. The van der Waals surface area contributed by atoms with Crippen molar-refractivity contribution in [3.8, 4) is 0 Å². The summed E-state index contributed by atoms with van der Waals surface area (Å²) in [6, 6.07) is 17.5. The second-order valence-corrected chi connectivity index (χ2v) is 5.13. The molecule has 0 aliphatic carbocycles. The summed E-state index contributed by atoms with van der Waals surface area (Å²) in [6.07, 6.45) is 0. The molecule has 2 aromatic rings. The monoisotopic (exact) mass is 289 g/mol. The summed E-state index contributed by atoms with van der Waals surface area (Å²) in [5, 5.41) is 5.46. The van der Waals surface area contributed by atoms with Crippen LogP contribution in [-0.4, -0.2) is 12.5 Å². The van der Waals surface area contributed by atoms with Crippen molar-refractivity contribution >= 4 is 23.2 Å². The summed E-state index contributed by atoms with van der Waals surface area (Å²) in [6.45, 7) is 2.46. The van der Waals surface area contributed by atoms with Crippen molar-refractivity contribution in [1.29, 1.82) is 0 Å². The van der Waals surface area contributed by atoms with E-state index < -0.39 is 0 Å². The van der Waals surface area contributed by atoms with Crippen LogP contribution < -0.4 is 10.6 Å². The molecule has 1 amide bonds. The lowest BCUT2D eigenvalue weighted by atomic mass is 10.1. The van der Waals surface area contributed by atoms with Gasteiger partial charge in [-0.1, -0.05) is 48.0 Å². The summed E-state index contributed by atoms with van der Waals surface area (Å²) in [5.41, 5.74) is 1.94. The molecule has 0 radical (unpaired) electrons. The van der Waals surface area contributed by atoms with Crippen molar-refractivity contribution in [2.45, 2.75) is 13.0 Å². The van der Waals surface area contributed by atoms with Gasteiger partial charge < -0.3 is 10.6 Å². The van der Waals surface area contributed by atoms with Crippen molar-refractivity contribution < 1.29 is 10.1 Å². The molecule has 3 nitrogen and oxygen atoms in total. The molecule has 20 heavy (non-hydrogen) atoms. The Morgan fingerprint density at radius 3 is 2.65 bits per heavy atom. The molecule has 2 rings (SSSR count). The van der Waals surface area contributed by atoms with E-state index in [4.69, 9.17) is 11.6 Å². The first kappa shape index (κ1) is 14.6. The summed E-state index contributed by atoms with van der Waals surface area (Å²) >= 11 is 5.88. The number of carbonyl (C=O) groups is 1. The molecule has 0 spiro atoms. The number of quaternary nitrogens is 1. The van der Waals surface area contributed by atoms with Gasteiger partial charge in [0.15, 0.2) is 6.54 Å². The fourth-order valence-electron chi connectivity index (χ4n) is 1.95. The van der Waals surface area contributed by atoms with Crippen molar-refractivity contribution in [1.82, 2.24) is 0 Å². The lowest BCUT2D eigenvalue weighted by Crippen LogP contribution is -2.86. The van der Waals surface area contributed by atoms with E-state index in [0.29, 0.717) is 11.6 Å². The largest absolute Gasteiger partial charge is 0.333 e. The van der Waals surface area contributed by atoms with Crippen LogP contribution in [0.4, 0.5) is 5.69 Å². The quantitative estimate of drug-likeness (QED) is 0.873. The first-order chi connectivity index (χ1) is 9.65. The Bertz CT molecular complexity index is 572. The second kappa shape index (κ2) is 7.08. The fraction of sp³-hybridized carbons (Fsp3) is 0.188. The molecule has 0 aliphatic rings. The van der Waals surface area contributed by atoms with E-state index >= 15 is 0 Å². The van der Waals surface area contributed by atoms with Crippen LogP contribution in [0.1, 0.15) is 18.5 Å². The standard InChI is InChI=1S/C16H17ClN2O/c1-12(13-6-3-2-4-7-13)18-11-16(20)19-15-9-5-8-14(17)10-15/h2-10,12,18H,11H2,1H3,(H,19,20)/p+1/t12-/m1/s1. The molecule has 0 aliphatic heterocycles. The highest BCUT2D eigenvalue weighted by Gasteiger charge is 2.11. The number of nitrogens with two attached hydrogens (primary N) is 1. The van der Waals surface area contributed by atoms with Crippen LogP contribution in [0.25, 0.3) is 0 Å². The van der Waals surface area contributed by atoms with Crippen LogP contribution in [0.15, 0.2) is 54.6 Å². The minimum Gasteiger partial charge on any atom is -0.333 e. The normalized spacial score (nSPS) is 11.9. The van der Waals surface area contributed by atoms with Crippen molar-refractivity contribution in [3.05, 3.63) is 65.2 Å². The van der Waals surface area contributed by atoms with Gasteiger partial charge in [-0.05, 0) is 25.1 Å². The molecule has 104 valence electrons. The van der Waals surface area contributed by atoms with E-state index in [9.17, 15) is 4.79 Å². The molecule has 0 saturated carbocycles. The molecular formula is C16H18ClN2O+. The van der Waals surface area contributed by atoms with Crippen LogP contribution in [-0.2, 0) is 4.79 Å². The second-order valence-electron chi connectivity index (χ2n) is 4.70. The van der Waals surface area contributed by atoms with Gasteiger partial charge in [-0.3, -0.25) is 4.79 Å². The summed E-state index contributed by atoms with van der Waals surface area (Å²) in [5.74, 6) is -0.0324. The number of nitrogens with one attached hydrogen (secondary N) is 1. The highest BCUT2D eigenvalue weighted by molar-refractivity contribution is 6.30. The number of rotatable bonds is 5. The highest BCUT2D eigenvalue weighted by atomic mass is 35.5. The van der Waals surface area contributed by atoms with Gasteiger partial charge in [0.25, 0.3) is 5.91 Å². The Labute approximate surface area is 124 Å². The predicted octanol–water partition coefficient (Wildman–Crippen LogP) is 2.60. The van der Waals surface area contributed by atoms with Gasteiger partial charge in [0, 0.05) is 16.3 Å². The maximum atomic E-state index is 11.9. The van der Waals surface area contributed by atoms with Gasteiger partial charge in [0.1, 0.15) is 6.04 Å². The maximum Gasteiger partial charge on any atom is 0.279 e. The predicted molar refractivity (Wildman–Crippen MR) is 81.7 cm³/mol. The maximum absolute atomic E-state index is 11.9. The van der Waals surface area contributed by atoms with Crippen molar-refractivity contribution in [3.63, 3.8) is 0 Å². The van der Waals surface area contributed by atoms with Crippen LogP contribution in [0, 0.1) is 0 Å². The first-order valence-electron chi connectivity index (χ1n) is 6.59. The highest BCUT2D eigenvalue weighted by Crippen LogP contribution is 2.14. The first-order valence-corrected chi connectivity index (χ1v) is 6.96. The lowest BCUT2D eigenvalue weighted by Gasteiger charge is -2.11. The number of amides is 1. The van der Waals surface area contributed by atoms with Crippen LogP contribution in [0.5, 0.6) is 0 Å². The molecule has 0 bridgehead atoms. The van der Waals surface area contributed by atoms with Gasteiger partial charge in [-0.2, -0.15) is 0 Å². The van der Waals surface area contributed by atoms with E-state index in [1.807, 2.05) is 35.6 Å². The molecule has 0 saturated heterocycles. The zero-order chi connectivity index (χ0) is 14.4. The third kappa shape index (κ3) is 4.37. The lowest BCUT2D eigenvalue weighted by molar-refractivity contribution is -0.682. The van der Waals surface area contributed by atoms with E-state index in [-0.39, 0.29) is 11.9 Å². The molecule has 0 aromatic heterocycles. The minimum atomic E-state index is -0.0324. The van der Waals surface area contributed by atoms with Crippen LogP contribution in [0.3, 0.4) is 0 Å². The summed E-state index contributed by atoms with van der Waals surface area (Å²) in [7, 11) is 0. The number of hydrogen-bond acceptors (Lipinski definition) is 1. The number of hydrogen-bond donors (Lipinski definition) is 2. The fourth-order valence-corrected chi connectivity index (χ4v) is 2.15. The molecule has 0 unspecified atom stereocenters. The number of anilines is 1. The van der Waals surface area contributed by atoms with Crippen LogP contribution >= 0.6 is 11.6 Å². The van der Waals surface area contributed by atoms with E-state index in [1.54, 1.807) is 12.1 Å². The minimum absolute atomic E-state index is 0.0324. The average molecular weight is 290 g/mol. The number of halogens is 1. The summed E-state index contributed by atoms with van der Waals surface area (Å²) < 4.78 is 0. The van der Waals surface area contributed by atoms with E-state index in [1.165, 1.54) is 5.56 Å². The van der Waals surface area contributed by atoms with Crippen molar-refractivity contribution in [2.24, 2.45) is 0 Å². The van der Waals surface area contributed by atoms with Gasteiger partial charge in [-0.15, -0.1) is 0 Å². The van der Waals surface area contributed by atoms with E-state index in [2.05, 4.69) is 24.4 Å². The Morgan fingerprint density at radius 2 is 1.95 bits per heavy atom. The zero-order valence-electron chi connectivity index (χ0n) is 11.3. The average Bonchev–Trinajstić information content (AvgIpc) is 2.46. The van der Waals surface area contributed by atoms with Crippen molar-refractivity contribution in [2.75, 3.05) is 11.9 Å². The number of carbonyl (C=O) groups excluding carboxylic acids is 1. The van der Waals surface area contributed by atoms with Crippen LogP contribution in [0.2, 0.25) is 5.02 Å². The zero-order valence-corrected chi connectivity index (χ0v) is 12.1. The third-order valence-corrected chi connectivity index (χ3v) is 3.33. The van der Waals surface area contributed by atoms with Gasteiger partial charge in [0.2, 0.25) is 0 Å². The molecule has 3 N–H and O–H groups in total. The molecule has 0 heterocycles. The van der Waals surface area contributed by atoms with E-state index in [0.717, 1.165) is 5.69 Å². The van der Waals surface area contributed by atoms with Gasteiger partial charge in [-0.25, -0.2) is 0 Å². The van der Waals surface area contributed by atoms with Gasteiger partial charge >= 0.3 is 0 Å². The molecular weight excluding hydrogens is 272 g/mol. The summed E-state index contributed by atoms with van der Waals surface area (Å²) in [4.78, 5) is 11.9.